The van der Waals surface area contributed by atoms with Crippen LogP contribution in [-0.2, 0) is 9.53 Å². The summed E-state index contributed by atoms with van der Waals surface area (Å²) in [6.07, 6.45) is 4.81. The van der Waals surface area contributed by atoms with Gasteiger partial charge >= 0.3 is 0 Å². The lowest BCUT2D eigenvalue weighted by atomic mass is 10.3. The molecule has 0 saturated heterocycles. The second kappa shape index (κ2) is 10.0. The molecule has 174 valence electrons. The maximum absolute atomic E-state index is 13.0. The number of nitrogens with zero attached hydrogens (tertiary/aromatic N) is 7. The minimum atomic E-state index is -1.03. The van der Waals surface area contributed by atoms with Gasteiger partial charge in [-0.15, -0.1) is 0 Å². The number of aryl methyl sites for hydroxylation is 1. The van der Waals surface area contributed by atoms with Crippen LogP contribution in [0.5, 0.6) is 5.88 Å². The molecule has 0 aliphatic rings. The predicted molar refractivity (Wildman–Crippen MR) is 124 cm³/mol. The van der Waals surface area contributed by atoms with Gasteiger partial charge in [0.2, 0.25) is 12.0 Å². The van der Waals surface area contributed by atoms with Crippen LogP contribution in [0.3, 0.4) is 0 Å². The van der Waals surface area contributed by atoms with Gasteiger partial charge in [0.15, 0.2) is 11.5 Å². The molecule has 4 heterocycles. The number of aromatic nitrogens is 6. The fourth-order valence-corrected chi connectivity index (χ4v) is 3.09. The van der Waals surface area contributed by atoms with Crippen LogP contribution in [0.4, 0.5) is 5.82 Å². The summed E-state index contributed by atoms with van der Waals surface area (Å²) < 4.78 is 13.2. The number of pyridine rings is 2. The minimum Gasteiger partial charge on any atom is -0.461 e. The summed E-state index contributed by atoms with van der Waals surface area (Å²) in [6.45, 7) is 5.63. The zero-order valence-corrected chi connectivity index (χ0v) is 18.8. The van der Waals surface area contributed by atoms with E-state index in [-0.39, 0.29) is 25.8 Å². The average molecular weight is 460 g/mol. The highest BCUT2D eigenvalue weighted by Crippen LogP contribution is 2.25. The Morgan fingerprint density at radius 2 is 2.06 bits per heavy atom. The third-order valence-corrected chi connectivity index (χ3v) is 4.78. The molecule has 0 spiro atoms. The maximum Gasteiger partial charge on any atom is 0.269 e. The van der Waals surface area contributed by atoms with Gasteiger partial charge in [-0.25, -0.2) is 19.9 Å². The van der Waals surface area contributed by atoms with Crippen LogP contribution < -0.4 is 10.1 Å². The summed E-state index contributed by atoms with van der Waals surface area (Å²) in [5.74, 6) is 0.627. The standard InChI is InChI=1S/C23H22N8O3.H2/c1-14(2)33-12-18(22(32)30-19-7-6-16(9-24)10-26-19)34-23-17-11-29-31(21(17)27-13-28-23)20-15(3)5-4-8-25-20;/h4-8,10-11,13-14,18H,12H2,1-3H3,(H,26,30,32);1H/t18-;/m0./s1. The SMILES string of the molecule is Cc1cccnc1-n1ncc2c(O[C@@H](COC(C)C)C(=O)Nc3ccc(C#N)cn3)ncnc21.[HH]. The number of anilines is 1. The summed E-state index contributed by atoms with van der Waals surface area (Å²) in [7, 11) is 0. The zero-order chi connectivity index (χ0) is 24.1. The van der Waals surface area contributed by atoms with Crippen molar-refractivity contribution in [1.82, 2.24) is 29.7 Å². The largest absolute Gasteiger partial charge is 0.461 e. The lowest BCUT2D eigenvalue weighted by molar-refractivity contribution is -0.126. The highest BCUT2D eigenvalue weighted by molar-refractivity contribution is 5.94. The Labute approximate surface area is 196 Å². The lowest BCUT2D eigenvalue weighted by Gasteiger charge is -2.19. The van der Waals surface area contributed by atoms with Crippen molar-refractivity contribution in [1.29, 1.82) is 5.26 Å². The Bertz CT molecular complexity index is 1350. The van der Waals surface area contributed by atoms with E-state index in [1.165, 1.54) is 12.5 Å². The van der Waals surface area contributed by atoms with Crippen molar-refractivity contribution in [2.24, 2.45) is 0 Å². The van der Waals surface area contributed by atoms with Gasteiger partial charge in [0.1, 0.15) is 23.6 Å². The Hall–Kier alpha value is -4.43. The van der Waals surface area contributed by atoms with Crippen LogP contribution in [0.25, 0.3) is 16.9 Å². The summed E-state index contributed by atoms with van der Waals surface area (Å²) in [5, 5.41) is 16.5. The Morgan fingerprint density at radius 3 is 2.76 bits per heavy atom. The normalized spacial score (nSPS) is 11.9. The zero-order valence-electron chi connectivity index (χ0n) is 18.8. The first-order valence-corrected chi connectivity index (χ1v) is 10.5. The first-order valence-electron chi connectivity index (χ1n) is 10.5. The van der Waals surface area contributed by atoms with Crippen LogP contribution in [0, 0.1) is 18.3 Å². The monoisotopic (exact) mass is 460 g/mol. The summed E-state index contributed by atoms with van der Waals surface area (Å²) in [4.78, 5) is 30.0. The molecule has 0 bridgehead atoms. The quantitative estimate of drug-likeness (QED) is 0.420. The first kappa shape index (κ1) is 22.8. The molecule has 0 fully saturated rings. The van der Waals surface area contributed by atoms with E-state index >= 15 is 0 Å². The van der Waals surface area contributed by atoms with E-state index in [1.807, 2.05) is 39.0 Å². The van der Waals surface area contributed by atoms with Crippen molar-refractivity contribution < 1.29 is 15.7 Å². The van der Waals surface area contributed by atoms with Gasteiger partial charge in [0, 0.05) is 13.8 Å². The molecule has 1 N–H and O–H groups in total. The number of rotatable bonds is 8. The van der Waals surface area contributed by atoms with Gasteiger partial charge in [-0.2, -0.15) is 15.0 Å². The van der Waals surface area contributed by atoms with Gasteiger partial charge in [0.05, 0.1) is 24.5 Å². The molecule has 11 nitrogen and oxygen atoms in total. The Kier molecular flexibility index (Phi) is 6.70. The molecule has 0 aliphatic heterocycles. The number of hydrogen-bond donors (Lipinski definition) is 1. The molecular weight excluding hydrogens is 436 g/mol. The molecule has 0 saturated carbocycles. The van der Waals surface area contributed by atoms with E-state index in [4.69, 9.17) is 14.7 Å². The van der Waals surface area contributed by atoms with Gasteiger partial charge in [-0.3, -0.25) is 4.79 Å². The third kappa shape index (κ3) is 4.97. The van der Waals surface area contributed by atoms with Crippen molar-refractivity contribution in [3.05, 3.63) is 60.3 Å². The second-order valence-electron chi connectivity index (χ2n) is 7.64. The van der Waals surface area contributed by atoms with Crippen molar-refractivity contribution >= 4 is 22.8 Å². The maximum atomic E-state index is 13.0. The number of fused-ring (bicyclic) bond motifs is 1. The van der Waals surface area contributed by atoms with Gasteiger partial charge in [0.25, 0.3) is 5.91 Å². The molecule has 0 unspecified atom stereocenters. The molecule has 34 heavy (non-hydrogen) atoms. The highest BCUT2D eigenvalue weighted by atomic mass is 16.5. The van der Waals surface area contributed by atoms with Crippen molar-refractivity contribution in [3.63, 3.8) is 0 Å². The van der Waals surface area contributed by atoms with E-state index in [2.05, 4.69) is 30.4 Å². The smallest absolute Gasteiger partial charge is 0.269 e. The third-order valence-electron chi connectivity index (χ3n) is 4.78. The number of amides is 1. The van der Waals surface area contributed by atoms with E-state index in [9.17, 15) is 4.79 Å². The van der Waals surface area contributed by atoms with Crippen LogP contribution in [-0.4, -0.2) is 54.4 Å². The van der Waals surface area contributed by atoms with Crippen molar-refractivity contribution in [2.45, 2.75) is 33.0 Å². The van der Waals surface area contributed by atoms with Crippen LogP contribution in [0.1, 0.15) is 26.4 Å². The number of hydrogen-bond acceptors (Lipinski definition) is 9. The second-order valence-corrected chi connectivity index (χ2v) is 7.64. The predicted octanol–water partition coefficient (Wildman–Crippen LogP) is 2.84. The summed E-state index contributed by atoms with van der Waals surface area (Å²) in [6, 6.07) is 8.85. The number of carbonyl (C=O) groups is 1. The molecule has 4 aromatic heterocycles. The molecule has 4 rings (SSSR count). The highest BCUT2D eigenvalue weighted by Gasteiger charge is 2.25. The molecule has 1 atom stereocenters. The van der Waals surface area contributed by atoms with Gasteiger partial charge in [-0.05, 0) is 44.5 Å². The molecule has 0 radical (unpaired) electrons. The van der Waals surface area contributed by atoms with Crippen LogP contribution in [0.15, 0.2) is 49.2 Å². The van der Waals surface area contributed by atoms with Gasteiger partial charge < -0.3 is 14.8 Å². The van der Waals surface area contributed by atoms with Crippen molar-refractivity contribution in [2.75, 3.05) is 11.9 Å². The lowest BCUT2D eigenvalue weighted by Crippen LogP contribution is -2.38. The Morgan fingerprint density at radius 1 is 1.21 bits per heavy atom. The number of ether oxygens (including phenoxy) is 2. The first-order chi connectivity index (χ1) is 16.5. The molecule has 0 aliphatic carbocycles. The molecule has 0 aromatic carbocycles. The van der Waals surface area contributed by atoms with E-state index in [0.29, 0.717) is 22.4 Å². The Balaban J connectivity index is 0.00000342. The fourth-order valence-electron chi connectivity index (χ4n) is 3.09. The van der Waals surface area contributed by atoms with Crippen molar-refractivity contribution in [3.8, 4) is 17.8 Å². The van der Waals surface area contributed by atoms with Gasteiger partial charge in [-0.1, -0.05) is 6.07 Å². The van der Waals surface area contributed by atoms with Crippen LogP contribution >= 0.6 is 0 Å². The molecular formula is C23H24N8O3. The minimum absolute atomic E-state index is 0. The topological polar surface area (TPSA) is 141 Å². The molecule has 4 aromatic rings. The van der Waals surface area contributed by atoms with Crippen LogP contribution in [0.2, 0.25) is 0 Å². The number of nitrogens with one attached hydrogen (secondary N) is 1. The molecule has 1 amide bonds. The summed E-state index contributed by atoms with van der Waals surface area (Å²) >= 11 is 0. The van der Waals surface area contributed by atoms with E-state index in [1.54, 1.807) is 29.2 Å². The number of carbonyl (C=O) groups excluding carboxylic acids is 1. The van der Waals surface area contributed by atoms with E-state index < -0.39 is 12.0 Å². The summed E-state index contributed by atoms with van der Waals surface area (Å²) in [5.41, 5.74) is 1.80. The average Bonchev–Trinajstić information content (AvgIpc) is 3.27. The number of nitriles is 1. The molecule has 11 heteroatoms. The fraction of sp³-hybridized carbons (Fsp3) is 0.261. The van der Waals surface area contributed by atoms with E-state index in [0.717, 1.165) is 5.56 Å².